The number of amides is 2. The van der Waals surface area contributed by atoms with E-state index in [9.17, 15) is 9.59 Å². The summed E-state index contributed by atoms with van der Waals surface area (Å²) in [6.07, 6.45) is 7.11. The number of hydrogen-bond donors (Lipinski definition) is 1. The highest BCUT2D eigenvalue weighted by Gasteiger charge is 2.34. The van der Waals surface area contributed by atoms with E-state index in [4.69, 9.17) is 11.6 Å². The van der Waals surface area contributed by atoms with E-state index >= 15 is 0 Å². The third-order valence-corrected chi connectivity index (χ3v) is 7.82. The second-order valence-corrected chi connectivity index (χ2v) is 10.6. The molecule has 1 saturated carbocycles. The van der Waals surface area contributed by atoms with Crippen LogP contribution in [0.25, 0.3) is 10.9 Å². The molecule has 2 aromatic carbocycles. The maximum Gasteiger partial charge on any atom is 0.265 e. The van der Waals surface area contributed by atoms with Crippen LogP contribution in [0.15, 0.2) is 78.3 Å². The van der Waals surface area contributed by atoms with Crippen molar-refractivity contribution < 1.29 is 9.59 Å². The molecule has 5 rings (SSSR count). The van der Waals surface area contributed by atoms with Gasteiger partial charge in [-0.2, -0.15) is 0 Å². The molecule has 5 nitrogen and oxygen atoms in total. The minimum Gasteiger partial charge on any atom is -0.351 e. The van der Waals surface area contributed by atoms with E-state index in [1.807, 2.05) is 72.1 Å². The largest absolute Gasteiger partial charge is 0.351 e. The normalized spacial score (nSPS) is 14.9. The fraction of sp³-hybridized carbons (Fsp3) is 0.276. The highest BCUT2D eigenvalue weighted by atomic mass is 35.5. The topological polar surface area (TPSA) is 62.3 Å². The molecule has 1 fully saturated rings. The molecule has 0 spiro atoms. The molecule has 0 aliphatic heterocycles. The Labute approximate surface area is 220 Å². The highest BCUT2D eigenvalue weighted by Crippen LogP contribution is 2.30. The van der Waals surface area contributed by atoms with Crippen molar-refractivity contribution in [2.45, 2.75) is 50.7 Å². The molecule has 1 aliphatic carbocycles. The summed E-state index contributed by atoms with van der Waals surface area (Å²) in [7, 11) is 0. The Morgan fingerprint density at radius 1 is 1.03 bits per heavy atom. The summed E-state index contributed by atoms with van der Waals surface area (Å²) in [5.74, 6) is -0.320. The van der Waals surface area contributed by atoms with Gasteiger partial charge in [0.25, 0.3) is 5.91 Å². The Morgan fingerprint density at radius 3 is 2.58 bits per heavy atom. The Bertz CT molecular complexity index is 1330. The Balaban J connectivity index is 1.57. The van der Waals surface area contributed by atoms with Crippen molar-refractivity contribution in [3.8, 4) is 0 Å². The lowest BCUT2D eigenvalue weighted by atomic mass is 9.94. The van der Waals surface area contributed by atoms with E-state index < -0.39 is 6.04 Å². The van der Waals surface area contributed by atoms with Gasteiger partial charge in [0, 0.05) is 29.2 Å². The molecule has 2 aromatic heterocycles. The summed E-state index contributed by atoms with van der Waals surface area (Å²) >= 11 is 7.50. The van der Waals surface area contributed by atoms with E-state index in [1.54, 1.807) is 11.1 Å². The first kappa shape index (κ1) is 24.5. The average molecular weight is 518 g/mol. The van der Waals surface area contributed by atoms with E-state index in [1.165, 1.54) is 17.8 Å². The zero-order valence-electron chi connectivity index (χ0n) is 19.9. The number of hydrogen-bond acceptors (Lipinski definition) is 4. The average Bonchev–Trinajstić information content (AvgIpc) is 3.45. The van der Waals surface area contributed by atoms with E-state index in [0.29, 0.717) is 9.90 Å². The lowest BCUT2D eigenvalue weighted by Gasteiger charge is -2.33. The van der Waals surface area contributed by atoms with Gasteiger partial charge >= 0.3 is 0 Å². The van der Waals surface area contributed by atoms with Gasteiger partial charge < -0.3 is 10.2 Å². The maximum absolute atomic E-state index is 14.0. The minimum absolute atomic E-state index is 0.130. The quantitative estimate of drug-likeness (QED) is 0.294. The first-order valence-corrected chi connectivity index (χ1v) is 13.6. The lowest BCUT2D eigenvalue weighted by molar-refractivity contribution is -0.127. The number of carbonyl (C=O) groups excluding carboxylic acids is 2. The van der Waals surface area contributed by atoms with Crippen LogP contribution in [0.5, 0.6) is 0 Å². The molecule has 7 heteroatoms. The third kappa shape index (κ3) is 5.61. The number of nitrogens with one attached hydrogen (secondary N) is 1. The zero-order chi connectivity index (χ0) is 24.9. The monoisotopic (exact) mass is 517 g/mol. The molecule has 2 heterocycles. The van der Waals surface area contributed by atoms with Gasteiger partial charge in [0.1, 0.15) is 6.04 Å². The van der Waals surface area contributed by atoms with Gasteiger partial charge in [0.2, 0.25) is 5.91 Å². The molecule has 0 radical (unpaired) electrons. The maximum atomic E-state index is 14.0. The van der Waals surface area contributed by atoms with Gasteiger partial charge in [-0.3, -0.25) is 14.6 Å². The van der Waals surface area contributed by atoms with Gasteiger partial charge in [-0.15, -0.1) is 11.3 Å². The number of rotatable bonds is 7. The van der Waals surface area contributed by atoms with Crippen LogP contribution in [0, 0.1) is 0 Å². The van der Waals surface area contributed by atoms with Crippen molar-refractivity contribution in [1.29, 1.82) is 0 Å². The number of halogens is 1. The van der Waals surface area contributed by atoms with Crippen molar-refractivity contribution in [2.75, 3.05) is 0 Å². The molecule has 36 heavy (non-hydrogen) atoms. The van der Waals surface area contributed by atoms with E-state index in [0.717, 1.165) is 47.7 Å². The van der Waals surface area contributed by atoms with Crippen LogP contribution < -0.4 is 5.32 Å². The van der Waals surface area contributed by atoms with Gasteiger partial charge in [-0.1, -0.05) is 61.2 Å². The second kappa shape index (κ2) is 11.2. The summed E-state index contributed by atoms with van der Waals surface area (Å²) in [6.45, 7) is 0.279. The standard InChI is InChI=1S/C29H28ClN3O2S/c30-23-13-10-20(11-14-23)19-33(29(35)26-9-5-17-36-26)27(28(34)32-24-7-2-1-3-8-24)22-12-15-25-21(18-22)6-4-16-31-25/h4-6,9-18,24,27H,1-3,7-8,19H2,(H,32,34)/t27-/m0/s1. The number of carbonyl (C=O) groups is 2. The van der Waals surface area contributed by atoms with Crippen molar-refractivity contribution in [3.63, 3.8) is 0 Å². The van der Waals surface area contributed by atoms with Crippen LogP contribution in [-0.2, 0) is 11.3 Å². The summed E-state index contributed by atoms with van der Waals surface area (Å²) in [5.41, 5.74) is 2.52. The first-order valence-electron chi connectivity index (χ1n) is 12.3. The summed E-state index contributed by atoms with van der Waals surface area (Å²) in [5, 5.41) is 6.72. The van der Waals surface area contributed by atoms with Crippen molar-refractivity contribution >= 4 is 45.7 Å². The van der Waals surface area contributed by atoms with Crippen LogP contribution in [0.3, 0.4) is 0 Å². The number of thiophene rings is 1. The fourth-order valence-electron chi connectivity index (χ4n) is 4.87. The Kier molecular flexibility index (Phi) is 7.63. The molecule has 1 N–H and O–H groups in total. The van der Waals surface area contributed by atoms with Crippen molar-refractivity contribution in [3.05, 3.63) is 99.3 Å². The van der Waals surface area contributed by atoms with Crippen LogP contribution in [0.4, 0.5) is 0 Å². The van der Waals surface area contributed by atoms with Crippen molar-refractivity contribution in [2.24, 2.45) is 0 Å². The molecule has 1 aliphatic rings. The van der Waals surface area contributed by atoms with E-state index in [-0.39, 0.29) is 24.4 Å². The number of benzene rings is 2. The van der Waals surface area contributed by atoms with Crippen molar-refractivity contribution in [1.82, 2.24) is 15.2 Å². The number of nitrogens with zero attached hydrogens (tertiary/aromatic N) is 2. The van der Waals surface area contributed by atoms with E-state index in [2.05, 4.69) is 10.3 Å². The van der Waals surface area contributed by atoms with Crippen LogP contribution >= 0.6 is 22.9 Å². The molecule has 0 unspecified atom stereocenters. The smallest absolute Gasteiger partial charge is 0.265 e. The first-order chi connectivity index (χ1) is 17.6. The lowest BCUT2D eigenvalue weighted by Crippen LogP contribution is -2.46. The predicted molar refractivity (Wildman–Crippen MR) is 145 cm³/mol. The number of aromatic nitrogens is 1. The fourth-order valence-corrected chi connectivity index (χ4v) is 5.68. The summed E-state index contributed by atoms with van der Waals surface area (Å²) in [6, 6.07) is 20.1. The van der Waals surface area contributed by atoms with Crippen LogP contribution in [0.2, 0.25) is 5.02 Å². The van der Waals surface area contributed by atoms with Crippen LogP contribution in [0.1, 0.15) is 58.9 Å². The SMILES string of the molecule is O=C(NC1CCCCC1)[C@H](c1ccc2ncccc2c1)N(Cc1ccc(Cl)cc1)C(=O)c1cccs1. The molecular weight excluding hydrogens is 490 g/mol. The molecule has 0 bridgehead atoms. The third-order valence-electron chi connectivity index (χ3n) is 6.71. The number of pyridine rings is 1. The summed E-state index contributed by atoms with van der Waals surface area (Å²) < 4.78 is 0. The molecular formula is C29H28ClN3O2S. The highest BCUT2D eigenvalue weighted by molar-refractivity contribution is 7.12. The van der Waals surface area contributed by atoms with Gasteiger partial charge in [0.15, 0.2) is 0 Å². The molecule has 1 atom stereocenters. The zero-order valence-corrected chi connectivity index (χ0v) is 21.5. The minimum atomic E-state index is -0.790. The van der Waals surface area contributed by atoms with Gasteiger partial charge in [0.05, 0.1) is 10.4 Å². The molecule has 4 aromatic rings. The van der Waals surface area contributed by atoms with Gasteiger partial charge in [-0.25, -0.2) is 0 Å². The molecule has 2 amide bonds. The Hall–Kier alpha value is -3.22. The number of fused-ring (bicyclic) bond motifs is 1. The van der Waals surface area contributed by atoms with Gasteiger partial charge in [-0.05, 0) is 65.7 Å². The van der Waals surface area contributed by atoms with Crippen LogP contribution in [-0.4, -0.2) is 27.7 Å². The molecule has 184 valence electrons. The molecule has 0 saturated heterocycles. The predicted octanol–water partition coefficient (Wildman–Crippen LogP) is 6.78. The second-order valence-electron chi connectivity index (χ2n) is 9.24. The Morgan fingerprint density at radius 2 is 1.83 bits per heavy atom. The summed E-state index contributed by atoms with van der Waals surface area (Å²) in [4.78, 5) is 34.5.